The van der Waals surface area contributed by atoms with Crippen molar-refractivity contribution in [2.75, 3.05) is 13.2 Å². The Morgan fingerprint density at radius 2 is 1.64 bits per heavy atom. The number of ether oxygens (including phenoxy) is 2. The molecule has 0 unspecified atom stereocenters. The average molecular weight is 377 g/mol. The summed E-state index contributed by atoms with van der Waals surface area (Å²) in [4.78, 5) is 12.4. The fourth-order valence-corrected chi connectivity index (χ4v) is 3.00. The first kappa shape index (κ1) is 19.7. The van der Waals surface area contributed by atoms with Gasteiger partial charge in [-0.2, -0.15) is 0 Å². The minimum Gasteiger partial charge on any atom is -0.492 e. The van der Waals surface area contributed by atoms with Crippen LogP contribution in [0.4, 0.5) is 0 Å². The van der Waals surface area contributed by atoms with Crippen molar-refractivity contribution in [2.45, 2.75) is 32.8 Å². The molecule has 0 bridgehead atoms. The molecule has 0 aromatic heterocycles. The number of carbonyl (C=O) groups is 1. The van der Waals surface area contributed by atoms with Gasteiger partial charge in [0.15, 0.2) is 6.10 Å². The van der Waals surface area contributed by atoms with Crippen LogP contribution < -0.4 is 14.8 Å². The molecule has 4 heteroatoms. The lowest BCUT2D eigenvalue weighted by Gasteiger charge is -2.17. The van der Waals surface area contributed by atoms with Crippen molar-refractivity contribution >= 4 is 16.7 Å². The minimum absolute atomic E-state index is 0.121. The van der Waals surface area contributed by atoms with Gasteiger partial charge in [0.1, 0.15) is 18.1 Å². The molecule has 1 N–H and O–H groups in total. The third-order valence-electron chi connectivity index (χ3n) is 4.66. The van der Waals surface area contributed by atoms with E-state index in [1.54, 1.807) is 0 Å². The number of amides is 1. The molecule has 0 aliphatic carbocycles. The Bertz CT molecular complexity index is 905. The molecule has 0 saturated heterocycles. The van der Waals surface area contributed by atoms with Gasteiger partial charge in [0.25, 0.3) is 5.91 Å². The number of hydrogen-bond donors (Lipinski definition) is 1. The van der Waals surface area contributed by atoms with Crippen LogP contribution in [0.25, 0.3) is 10.8 Å². The van der Waals surface area contributed by atoms with Crippen LogP contribution in [0, 0.1) is 0 Å². The summed E-state index contributed by atoms with van der Waals surface area (Å²) in [6, 6.07) is 22.0. The molecular weight excluding hydrogens is 350 g/mol. The molecule has 28 heavy (non-hydrogen) atoms. The highest BCUT2D eigenvalue weighted by Crippen LogP contribution is 2.20. The molecule has 0 radical (unpaired) electrons. The van der Waals surface area contributed by atoms with Crippen LogP contribution >= 0.6 is 0 Å². The molecule has 0 heterocycles. The topological polar surface area (TPSA) is 47.6 Å². The van der Waals surface area contributed by atoms with E-state index in [1.807, 2.05) is 61.5 Å². The van der Waals surface area contributed by atoms with Gasteiger partial charge in [0, 0.05) is 0 Å². The highest BCUT2D eigenvalue weighted by atomic mass is 16.5. The van der Waals surface area contributed by atoms with Crippen molar-refractivity contribution < 1.29 is 14.3 Å². The van der Waals surface area contributed by atoms with Gasteiger partial charge in [-0.25, -0.2) is 0 Å². The second-order valence-corrected chi connectivity index (χ2v) is 6.66. The van der Waals surface area contributed by atoms with Crippen LogP contribution in [0.2, 0.25) is 0 Å². The van der Waals surface area contributed by atoms with Crippen molar-refractivity contribution in [3.8, 4) is 11.5 Å². The number of rotatable bonds is 9. The third-order valence-corrected chi connectivity index (χ3v) is 4.66. The van der Waals surface area contributed by atoms with Gasteiger partial charge in [0.05, 0.1) is 6.54 Å². The zero-order valence-corrected chi connectivity index (χ0v) is 16.5. The normalized spacial score (nSPS) is 11.8. The molecule has 3 rings (SSSR count). The average Bonchev–Trinajstić information content (AvgIpc) is 2.75. The number of hydrogen-bond acceptors (Lipinski definition) is 3. The van der Waals surface area contributed by atoms with E-state index in [0.717, 1.165) is 17.6 Å². The van der Waals surface area contributed by atoms with Crippen molar-refractivity contribution in [1.29, 1.82) is 0 Å². The summed E-state index contributed by atoms with van der Waals surface area (Å²) in [5.74, 6) is 1.39. The van der Waals surface area contributed by atoms with E-state index in [2.05, 4.69) is 24.4 Å². The smallest absolute Gasteiger partial charge is 0.261 e. The largest absolute Gasteiger partial charge is 0.492 e. The number of benzene rings is 3. The summed E-state index contributed by atoms with van der Waals surface area (Å²) in [5, 5.41) is 5.21. The summed E-state index contributed by atoms with van der Waals surface area (Å²) < 4.78 is 11.6. The van der Waals surface area contributed by atoms with Crippen molar-refractivity contribution in [3.63, 3.8) is 0 Å². The van der Waals surface area contributed by atoms with Crippen LogP contribution in [0.15, 0.2) is 66.7 Å². The van der Waals surface area contributed by atoms with E-state index in [9.17, 15) is 4.79 Å². The molecular formula is C24H27NO3. The Kier molecular flexibility index (Phi) is 6.90. The molecule has 146 valence electrons. The highest BCUT2D eigenvalue weighted by Gasteiger charge is 2.17. The number of aryl methyl sites for hydroxylation is 1. The van der Waals surface area contributed by atoms with Crippen LogP contribution in [0.5, 0.6) is 11.5 Å². The van der Waals surface area contributed by atoms with E-state index in [4.69, 9.17) is 9.47 Å². The lowest BCUT2D eigenvalue weighted by Crippen LogP contribution is -2.39. The minimum atomic E-state index is -0.506. The van der Waals surface area contributed by atoms with Gasteiger partial charge in [-0.1, -0.05) is 56.3 Å². The van der Waals surface area contributed by atoms with Crippen LogP contribution in [-0.4, -0.2) is 25.2 Å². The zero-order chi connectivity index (χ0) is 19.8. The maximum Gasteiger partial charge on any atom is 0.261 e. The Morgan fingerprint density at radius 1 is 0.929 bits per heavy atom. The summed E-state index contributed by atoms with van der Waals surface area (Å²) in [5.41, 5.74) is 1.25. The number of nitrogens with one attached hydrogen (secondary N) is 1. The van der Waals surface area contributed by atoms with Gasteiger partial charge in [-0.05, 0) is 53.4 Å². The van der Waals surface area contributed by atoms with Crippen LogP contribution in [0.1, 0.15) is 25.8 Å². The standard InChI is InChI=1S/C24H27NO3/c1-3-18-9-12-21(13-10-18)28-23(4-2)24(26)25-15-16-27-22-14-11-19-7-5-6-8-20(19)17-22/h5-14,17,23H,3-4,15-16H2,1-2H3,(H,25,26)/t23-/m1/s1. The maximum absolute atomic E-state index is 12.4. The first-order valence-electron chi connectivity index (χ1n) is 9.84. The molecule has 1 atom stereocenters. The SMILES string of the molecule is CCc1ccc(O[C@H](CC)C(=O)NCCOc2ccc3ccccc3c2)cc1. The predicted molar refractivity (Wildman–Crippen MR) is 113 cm³/mol. The van der Waals surface area contributed by atoms with E-state index in [1.165, 1.54) is 10.9 Å². The molecule has 3 aromatic rings. The molecule has 4 nitrogen and oxygen atoms in total. The van der Waals surface area contributed by atoms with Gasteiger partial charge in [0.2, 0.25) is 0 Å². The van der Waals surface area contributed by atoms with Crippen molar-refractivity contribution in [1.82, 2.24) is 5.32 Å². The molecule has 1 amide bonds. The first-order chi connectivity index (χ1) is 13.7. The summed E-state index contributed by atoms with van der Waals surface area (Å²) in [6.07, 6.45) is 1.08. The van der Waals surface area contributed by atoms with Crippen LogP contribution in [-0.2, 0) is 11.2 Å². The molecule has 0 aliphatic heterocycles. The van der Waals surface area contributed by atoms with Crippen molar-refractivity contribution in [2.24, 2.45) is 0 Å². The van der Waals surface area contributed by atoms with Gasteiger partial charge in [-0.15, -0.1) is 0 Å². The maximum atomic E-state index is 12.4. The van der Waals surface area contributed by atoms with E-state index < -0.39 is 6.10 Å². The van der Waals surface area contributed by atoms with Crippen molar-refractivity contribution in [3.05, 3.63) is 72.3 Å². The fraction of sp³-hybridized carbons (Fsp3) is 0.292. The first-order valence-corrected chi connectivity index (χ1v) is 9.84. The van der Waals surface area contributed by atoms with E-state index in [-0.39, 0.29) is 5.91 Å². The number of fused-ring (bicyclic) bond motifs is 1. The Balaban J connectivity index is 1.46. The third kappa shape index (κ3) is 5.26. The quantitative estimate of drug-likeness (QED) is 0.547. The van der Waals surface area contributed by atoms with Gasteiger partial charge < -0.3 is 14.8 Å². The predicted octanol–water partition coefficient (Wildman–Crippen LogP) is 4.75. The van der Waals surface area contributed by atoms with Gasteiger partial charge >= 0.3 is 0 Å². The second kappa shape index (κ2) is 9.79. The lowest BCUT2D eigenvalue weighted by atomic mass is 10.1. The zero-order valence-electron chi connectivity index (χ0n) is 16.5. The van der Waals surface area contributed by atoms with Gasteiger partial charge in [-0.3, -0.25) is 4.79 Å². The molecule has 0 fully saturated rings. The lowest BCUT2D eigenvalue weighted by molar-refractivity contribution is -0.128. The number of carbonyl (C=O) groups excluding carboxylic acids is 1. The molecule has 0 spiro atoms. The summed E-state index contributed by atoms with van der Waals surface area (Å²) in [7, 11) is 0. The summed E-state index contributed by atoms with van der Waals surface area (Å²) >= 11 is 0. The fourth-order valence-electron chi connectivity index (χ4n) is 3.00. The monoisotopic (exact) mass is 377 g/mol. The molecule has 0 aliphatic rings. The van der Waals surface area contributed by atoms with E-state index >= 15 is 0 Å². The second-order valence-electron chi connectivity index (χ2n) is 6.66. The van der Waals surface area contributed by atoms with E-state index in [0.29, 0.717) is 25.3 Å². The molecule has 3 aromatic carbocycles. The van der Waals surface area contributed by atoms with Crippen LogP contribution in [0.3, 0.4) is 0 Å². The molecule has 0 saturated carbocycles. The Hall–Kier alpha value is -3.01. The Morgan fingerprint density at radius 3 is 2.36 bits per heavy atom. The Labute approximate surface area is 166 Å². The highest BCUT2D eigenvalue weighted by molar-refractivity contribution is 5.83. The summed E-state index contributed by atoms with van der Waals surface area (Å²) in [6.45, 7) is 4.89.